The van der Waals surface area contributed by atoms with Crippen LogP contribution in [-0.2, 0) is 4.74 Å². The van der Waals surface area contributed by atoms with Gasteiger partial charge in [-0.2, -0.15) is 0 Å². The highest BCUT2D eigenvalue weighted by atomic mass is 16.5. The summed E-state index contributed by atoms with van der Waals surface area (Å²) in [4.78, 5) is 16.5. The van der Waals surface area contributed by atoms with Crippen molar-refractivity contribution in [2.45, 2.75) is 39.2 Å². The molecule has 98 valence electrons. The zero-order chi connectivity index (χ0) is 12.5. The fourth-order valence-electron chi connectivity index (χ4n) is 2.75. The average molecular weight is 240 g/mol. The Morgan fingerprint density at radius 3 is 2.76 bits per heavy atom. The van der Waals surface area contributed by atoms with Crippen molar-refractivity contribution in [3.05, 3.63) is 0 Å². The Labute approximate surface area is 104 Å². The normalized spacial score (nSPS) is 29.2. The standard InChI is InChI=1S/C13H24N2O2/c1-11-5-4-6-14(9-11)12(16)15-7-8-17-10-13(15,2)3/h11H,4-10H2,1-3H3. The van der Waals surface area contributed by atoms with Gasteiger partial charge in [-0.05, 0) is 32.6 Å². The summed E-state index contributed by atoms with van der Waals surface area (Å²) in [7, 11) is 0. The molecule has 2 aliphatic heterocycles. The number of amides is 2. The molecule has 1 atom stereocenters. The molecule has 2 saturated heterocycles. The lowest BCUT2D eigenvalue weighted by molar-refractivity contribution is -0.0368. The zero-order valence-corrected chi connectivity index (χ0v) is 11.2. The number of carbonyl (C=O) groups excluding carboxylic acids is 1. The molecule has 1 unspecified atom stereocenters. The first-order valence-electron chi connectivity index (χ1n) is 6.65. The number of hydrogen-bond acceptors (Lipinski definition) is 2. The largest absolute Gasteiger partial charge is 0.377 e. The van der Waals surface area contributed by atoms with Crippen molar-refractivity contribution in [3.8, 4) is 0 Å². The fraction of sp³-hybridized carbons (Fsp3) is 0.923. The summed E-state index contributed by atoms with van der Waals surface area (Å²) >= 11 is 0. The molecule has 0 aliphatic carbocycles. The van der Waals surface area contributed by atoms with Crippen LogP contribution in [0.1, 0.15) is 33.6 Å². The summed E-state index contributed by atoms with van der Waals surface area (Å²) in [6.07, 6.45) is 2.38. The molecule has 2 rings (SSSR count). The van der Waals surface area contributed by atoms with Crippen LogP contribution >= 0.6 is 0 Å². The summed E-state index contributed by atoms with van der Waals surface area (Å²) in [6, 6.07) is 0.199. The van der Waals surface area contributed by atoms with Gasteiger partial charge in [0, 0.05) is 19.6 Å². The Hall–Kier alpha value is -0.770. The first-order valence-corrected chi connectivity index (χ1v) is 6.65. The Morgan fingerprint density at radius 2 is 2.12 bits per heavy atom. The first-order chi connectivity index (χ1) is 8.00. The molecule has 0 aromatic heterocycles. The molecule has 4 heteroatoms. The van der Waals surface area contributed by atoms with Crippen molar-refractivity contribution < 1.29 is 9.53 Å². The predicted octanol–water partition coefficient (Wildman–Crippen LogP) is 1.95. The smallest absolute Gasteiger partial charge is 0.320 e. The topological polar surface area (TPSA) is 32.8 Å². The van der Waals surface area contributed by atoms with E-state index in [2.05, 4.69) is 20.8 Å². The zero-order valence-electron chi connectivity index (χ0n) is 11.2. The third-order valence-corrected chi connectivity index (χ3v) is 3.80. The highest BCUT2D eigenvalue weighted by molar-refractivity contribution is 5.75. The van der Waals surface area contributed by atoms with Crippen LogP contribution in [-0.4, -0.2) is 54.2 Å². The molecule has 0 spiro atoms. The van der Waals surface area contributed by atoms with Crippen LogP contribution < -0.4 is 0 Å². The van der Waals surface area contributed by atoms with Gasteiger partial charge in [0.15, 0.2) is 0 Å². The second-order valence-corrected chi connectivity index (χ2v) is 5.99. The number of hydrogen-bond donors (Lipinski definition) is 0. The van der Waals surface area contributed by atoms with Crippen LogP contribution in [0, 0.1) is 5.92 Å². The van der Waals surface area contributed by atoms with E-state index in [9.17, 15) is 4.79 Å². The minimum atomic E-state index is -0.171. The van der Waals surface area contributed by atoms with Gasteiger partial charge in [0.05, 0.1) is 18.8 Å². The van der Waals surface area contributed by atoms with E-state index in [0.717, 1.165) is 26.1 Å². The molecule has 0 N–H and O–H groups in total. The SMILES string of the molecule is CC1CCCN(C(=O)N2CCOCC2(C)C)C1. The lowest BCUT2D eigenvalue weighted by Crippen LogP contribution is -2.60. The van der Waals surface area contributed by atoms with Crippen molar-refractivity contribution in [2.24, 2.45) is 5.92 Å². The first kappa shape index (κ1) is 12.7. The van der Waals surface area contributed by atoms with E-state index in [1.54, 1.807) is 0 Å². The maximum atomic E-state index is 12.5. The van der Waals surface area contributed by atoms with Gasteiger partial charge in [-0.25, -0.2) is 4.79 Å². The quantitative estimate of drug-likeness (QED) is 0.648. The summed E-state index contributed by atoms with van der Waals surface area (Å²) in [5, 5.41) is 0. The van der Waals surface area contributed by atoms with E-state index in [1.807, 2.05) is 9.80 Å². The van der Waals surface area contributed by atoms with Gasteiger partial charge in [-0.15, -0.1) is 0 Å². The number of rotatable bonds is 0. The van der Waals surface area contributed by atoms with Crippen LogP contribution in [0.3, 0.4) is 0 Å². The number of morpholine rings is 1. The third-order valence-electron chi connectivity index (χ3n) is 3.80. The predicted molar refractivity (Wildman–Crippen MR) is 67.0 cm³/mol. The summed E-state index contributed by atoms with van der Waals surface area (Å²) in [5.74, 6) is 0.636. The maximum absolute atomic E-state index is 12.5. The molecule has 2 heterocycles. The number of piperidine rings is 1. The highest BCUT2D eigenvalue weighted by Gasteiger charge is 2.37. The molecule has 2 aliphatic rings. The molecular formula is C13H24N2O2. The van der Waals surface area contributed by atoms with Gasteiger partial charge in [0.2, 0.25) is 0 Å². The van der Waals surface area contributed by atoms with Crippen molar-refractivity contribution in [3.63, 3.8) is 0 Å². The number of likely N-dealkylation sites (tertiary alicyclic amines) is 1. The van der Waals surface area contributed by atoms with Crippen LogP contribution in [0.15, 0.2) is 0 Å². The molecule has 0 aromatic carbocycles. The lowest BCUT2D eigenvalue weighted by atomic mass is 9.99. The molecule has 0 saturated carbocycles. The Balaban J connectivity index is 2.02. The van der Waals surface area contributed by atoms with Gasteiger partial charge < -0.3 is 14.5 Å². The highest BCUT2D eigenvalue weighted by Crippen LogP contribution is 2.23. The van der Waals surface area contributed by atoms with Crippen LogP contribution in [0.25, 0.3) is 0 Å². The van der Waals surface area contributed by atoms with Gasteiger partial charge in [-0.3, -0.25) is 0 Å². The number of ether oxygens (including phenoxy) is 1. The van der Waals surface area contributed by atoms with E-state index in [-0.39, 0.29) is 11.6 Å². The monoisotopic (exact) mass is 240 g/mol. The van der Waals surface area contributed by atoms with E-state index in [1.165, 1.54) is 6.42 Å². The van der Waals surface area contributed by atoms with Crippen molar-refractivity contribution >= 4 is 6.03 Å². The van der Waals surface area contributed by atoms with Crippen LogP contribution in [0.4, 0.5) is 4.79 Å². The van der Waals surface area contributed by atoms with E-state index < -0.39 is 0 Å². The van der Waals surface area contributed by atoms with Gasteiger partial charge in [-0.1, -0.05) is 6.92 Å². The fourth-order valence-corrected chi connectivity index (χ4v) is 2.75. The molecule has 2 fully saturated rings. The molecule has 4 nitrogen and oxygen atoms in total. The molecule has 0 bridgehead atoms. The van der Waals surface area contributed by atoms with E-state index >= 15 is 0 Å². The van der Waals surface area contributed by atoms with Crippen molar-refractivity contribution in [1.82, 2.24) is 9.80 Å². The van der Waals surface area contributed by atoms with Crippen molar-refractivity contribution in [2.75, 3.05) is 32.8 Å². The van der Waals surface area contributed by atoms with E-state index in [0.29, 0.717) is 19.1 Å². The summed E-state index contributed by atoms with van der Waals surface area (Å²) in [6.45, 7) is 10.2. The molecule has 0 radical (unpaired) electrons. The minimum absolute atomic E-state index is 0.171. The minimum Gasteiger partial charge on any atom is -0.377 e. The number of carbonyl (C=O) groups is 1. The van der Waals surface area contributed by atoms with Gasteiger partial charge in [0.1, 0.15) is 0 Å². The summed E-state index contributed by atoms with van der Waals surface area (Å²) in [5.41, 5.74) is -0.171. The van der Waals surface area contributed by atoms with Crippen LogP contribution in [0.5, 0.6) is 0 Å². The Morgan fingerprint density at radius 1 is 1.35 bits per heavy atom. The molecule has 0 aromatic rings. The van der Waals surface area contributed by atoms with E-state index in [4.69, 9.17) is 4.74 Å². The van der Waals surface area contributed by atoms with Crippen LogP contribution in [0.2, 0.25) is 0 Å². The average Bonchev–Trinajstić information content (AvgIpc) is 2.27. The van der Waals surface area contributed by atoms with Gasteiger partial charge in [0.25, 0.3) is 0 Å². The maximum Gasteiger partial charge on any atom is 0.320 e. The lowest BCUT2D eigenvalue weighted by Gasteiger charge is -2.45. The Bertz CT molecular complexity index is 291. The second kappa shape index (κ2) is 4.84. The van der Waals surface area contributed by atoms with Gasteiger partial charge >= 0.3 is 6.03 Å². The second-order valence-electron chi connectivity index (χ2n) is 5.99. The number of nitrogens with zero attached hydrogens (tertiary/aromatic N) is 2. The third kappa shape index (κ3) is 2.73. The molecule has 2 amide bonds. The number of urea groups is 1. The Kier molecular flexibility index (Phi) is 3.61. The molecule has 17 heavy (non-hydrogen) atoms. The summed E-state index contributed by atoms with van der Waals surface area (Å²) < 4.78 is 5.46. The van der Waals surface area contributed by atoms with Crippen molar-refractivity contribution in [1.29, 1.82) is 0 Å². The molecular weight excluding hydrogens is 216 g/mol.